The highest BCUT2D eigenvalue weighted by Crippen LogP contribution is 2.27. The number of benzene rings is 1. The second-order valence-electron chi connectivity index (χ2n) is 3.83. The predicted octanol–water partition coefficient (Wildman–Crippen LogP) is 3.31. The maximum atomic E-state index is 11.8. The van der Waals surface area contributed by atoms with Crippen LogP contribution in [-0.4, -0.2) is 11.2 Å². The lowest BCUT2D eigenvalue weighted by molar-refractivity contribution is -0.605. The van der Waals surface area contributed by atoms with Crippen molar-refractivity contribution in [3.05, 3.63) is 70.1 Å². The fourth-order valence-corrected chi connectivity index (χ4v) is 1.46. The molecule has 0 aliphatic rings. The fraction of sp³-hybridized carbons (Fsp3) is 0.0769. The SMILES string of the molecule is O=C(OO)c1cccc(Cl)c1.[O-][n+]1ccc(C(F)(F)F)cc1. The summed E-state index contributed by atoms with van der Waals surface area (Å²) in [5.41, 5.74) is -0.593. The molecular formula is C13H9ClF3NO4. The van der Waals surface area contributed by atoms with E-state index in [0.717, 1.165) is 24.5 Å². The van der Waals surface area contributed by atoms with Gasteiger partial charge in [-0.2, -0.15) is 23.2 Å². The molecule has 2 rings (SSSR count). The average molecular weight is 336 g/mol. The number of carbonyl (C=O) groups excluding carboxylic acids is 1. The molecule has 0 saturated heterocycles. The van der Waals surface area contributed by atoms with E-state index < -0.39 is 17.7 Å². The predicted molar refractivity (Wildman–Crippen MR) is 69.9 cm³/mol. The lowest BCUT2D eigenvalue weighted by Gasteiger charge is -2.04. The van der Waals surface area contributed by atoms with E-state index in [1.807, 2.05) is 0 Å². The van der Waals surface area contributed by atoms with Crippen molar-refractivity contribution < 1.29 is 32.8 Å². The Labute approximate surface area is 127 Å². The van der Waals surface area contributed by atoms with E-state index in [4.69, 9.17) is 16.9 Å². The van der Waals surface area contributed by atoms with Gasteiger partial charge in [-0.25, -0.2) is 4.79 Å². The summed E-state index contributed by atoms with van der Waals surface area (Å²) < 4.78 is 35.7. The molecule has 0 atom stereocenters. The Morgan fingerprint density at radius 3 is 2.27 bits per heavy atom. The molecule has 1 aromatic carbocycles. The van der Waals surface area contributed by atoms with Crippen LogP contribution in [0, 0.1) is 5.21 Å². The Morgan fingerprint density at radius 1 is 1.23 bits per heavy atom. The number of alkyl halides is 3. The molecule has 0 saturated carbocycles. The highest BCUT2D eigenvalue weighted by molar-refractivity contribution is 6.30. The zero-order chi connectivity index (χ0) is 16.8. The third kappa shape index (κ3) is 5.58. The molecule has 2 aromatic rings. The number of hydrogen-bond acceptors (Lipinski definition) is 4. The van der Waals surface area contributed by atoms with Crippen LogP contribution in [0.4, 0.5) is 13.2 Å². The van der Waals surface area contributed by atoms with Crippen molar-refractivity contribution in [2.45, 2.75) is 6.18 Å². The normalized spacial score (nSPS) is 10.4. The first kappa shape index (κ1) is 17.7. The van der Waals surface area contributed by atoms with Crippen molar-refractivity contribution >= 4 is 17.6 Å². The maximum absolute atomic E-state index is 11.8. The first-order valence-corrected chi connectivity index (χ1v) is 5.99. The van der Waals surface area contributed by atoms with Crippen LogP contribution in [0.1, 0.15) is 15.9 Å². The molecule has 0 spiro atoms. The van der Waals surface area contributed by atoms with Crippen LogP contribution in [-0.2, 0) is 11.1 Å². The van der Waals surface area contributed by atoms with Gasteiger partial charge in [0.05, 0.1) is 11.1 Å². The molecule has 0 aliphatic carbocycles. The zero-order valence-corrected chi connectivity index (χ0v) is 11.5. The number of nitrogens with zero attached hydrogens (tertiary/aromatic N) is 1. The first-order valence-electron chi connectivity index (χ1n) is 5.61. The second-order valence-corrected chi connectivity index (χ2v) is 4.27. The Morgan fingerprint density at radius 2 is 1.82 bits per heavy atom. The minimum Gasteiger partial charge on any atom is -0.619 e. The van der Waals surface area contributed by atoms with Gasteiger partial charge in [0.15, 0.2) is 12.4 Å². The number of rotatable bonds is 1. The van der Waals surface area contributed by atoms with E-state index in [9.17, 15) is 23.2 Å². The van der Waals surface area contributed by atoms with E-state index in [2.05, 4.69) is 4.89 Å². The minimum atomic E-state index is -4.37. The van der Waals surface area contributed by atoms with Crippen LogP contribution in [0.25, 0.3) is 0 Å². The number of halogens is 4. The standard InChI is InChI=1S/C7H5ClO3.C6H4F3NO/c8-6-3-1-2-5(4-6)7(9)11-10;7-6(8,9)5-1-3-10(11)4-2-5/h1-4,10H;1-4H. The molecule has 1 N–H and O–H groups in total. The highest BCUT2D eigenvalue weighted by atomic mass is 35.5. The Balaban J connectivity index is 0.000000220. The maximum Gasteiger partial charge on any atom is 0.416 e. The molecule has 1 aromatic heterocycles. The molecule has 1 heterocycles. The molecule has 0 fully saturated rings. The van der Waals surface area contributed by atoms with Crippen LogP contribution < -0.4 is 4.73 Å². The summed E-state index contributed by atoms with van der Waals surface area (Å²) in [5, 5.41) is 18.7. The molecule has 0 amide bonds. The number of aromatic nitrogens is 1. The monoisotopic (exact) mass is 335 g/mol. The zero-order valence-electron chi connectivity index (χ0n) is 10.7. The molecule has 0 unspecified atom stereocenters. The van der Waals surface area contributed by atoms with Crippen molar-refractivity contribution in [1.29, 1.82) is 0 Å². The molecule has 9 heteroatoms. The van der Waals surface area contributed by atoms with Crippen molar-refractivity contribution in [1.82, 2.24) is 0 Å². The van der Waals surface area contributed by atoms with E-state index in [1.54, 1.807) is 12.1 Å². The van der Waals surface area contributed by atoms with Crippen molar-refractivity contribution in [3.63, 3.8) is 0 Å². The lowest BCUT2D eigenvalue weighted by Crippen LogP contribution is -2.24. The van der Waals surface area contributed by atoms with Crippen molar-refractivity contribution in [2.24, 2.45) is 0 Å². The van der Waals surface area contributed by atoms with Gasteiger partial charge in [-0.1, -0.05) is 17.7 Å². The summed E-state index contributed by atoms with van der Waals surface area (Å²) in [6.45, 7) is 0. The molecule has 22 heavy (non-hydrogen) atoms. The van der Waals surface area contributed by atoms with Crippen LogP contribution in [0.2, 0.25) is 5.02 Å². The fourth-order valence-electron chi connectivity index (χ4n) is 1.27. The summed E-state index contributed by atoms with van der Waals surface area (Å²) in [6.07, 6.45) is -2.75. The van der Waals surface area contributed by atoms with Gasteiger partial charge in [0, 0.05) is 17.2 Å². The van der Waals surface area contributed by atoms with Crippen LogP contribution in [0.15, 0.2) is 48.8 Å². The van der Waals surface area contributed by atoms with Gasteiger partial charge in [-0.3, -0.25) is 4.89 Å². The Kier molecular flexibility index (Phi) is 6.14. The van der Waals surface area contributed by atoms with Crippen molar-refractivity contribution in [3.8, 4) is 0 Å². The number of pyridine rings is 1. The summed E-state index contributed by atoms with van der Waals surface area (Å²) in [5.74, 6) is -0.813. The van der Waals surface area contributed by atoms with Gasteiger partial charge in [-0.05, 0) is 18.2 Å². The summed E-state index contributed by atoms with van der Waals surface area (Å²) in [7, 11) is 0. The third-order valence-corrected chi connectivity index (χ3v) is 2.51. The van der Waals surface area contributed by atoms with E-state index in [-0.39, 0.29) is 5.56 Å². The molecule has 0 aliphatic heterocycles. The molecular weight excluding hydrogens is 327 g/mol. The van der Waals surface area contributed by atoms with E-state index in [0.29, 0.717) is 9.75 Å². The van der Waals surface area contributed by atoms with Crippen LogP contribution >= 0.6 is 11.6 Å². The average Bonchev–Trinajstić information content (AvgIpc) is 2.46. The van der Waals surface area contributed by atoms with E-state index in [1.165, 1.54) is 12.1 Å². The Hall–Kier alpha value is -2.32. The van der Waals surface area contributed by atoms with Gasteiger partial charge in [0.25, 0.3) is 0 Å². The first-order chi connectivity index (χ1) is 10.2. The topological polar surface area (TPSA) is 73.5 Å². The quantitative estimate of drug-likeness (QED) is 0.375. The molecule has 0 bridgehead atoms. The van der Waals surface area contributed by atoms with Gasteiger partial charge in [0.1, 0.15) is 0 Å². The second kappa shape index (κ2) is 7.62. The Bertz CT molecular complexity index is 632. The number of hydrogen-bond donors (Lipinski definition) is 1. The lowest BCUT2D eigenvalue weighted by atomic mass is 10.2. The van der Waals surface area contributed by atoms with Crippen molar-refractivity contribution in [2.75, 3.05) is 0 Å². The van der Waals surface area contributed by atoms with Crippen LogP contribution in [0.3, 0.4) is 0 Å². The van der Waals surface area contributed by atoms with Crippen LogP contribution in [0.5, 0.6) is 0 Å². The molecule has 118 valence electrons. The largest absolute Gasteiger partial charge is 0.619 e. The summed E-state index contributed by atoms with van der Waals surface area (Å²) in [6, 6.07) is 7.56. The highest BCUT2D eigenvalue weighted by Gasteiger charge is 2.30. The minimum absolute atomic E-state index is 0.222. The smallest absolute Gasteiger partial charge is 0.416 e. The van der Waals surface area contributed by atoms with Gasteiger partial charge in [-0.15, -0.1) is 0 Å². The molecule has 0 radical (unpaired) electrons. The number of carbonyl (C=O) groups is 1. The van der Waals surface area contributed by atoms with Gasteiger partial charge >= 0.3 is 12.1 Å². The molecule has 5 nitrogen and oxygen atoms in total. The summed E-state index contributed by atoms with van der Waals surface area (Å²) in [4.78, 5) is 14.1. The van der Waals surface area contributed by atoms with Gasteiger partial charge in [0.2, 0.25) is 0 Å². The summed E-state index contributed by atoms with van der Waals surface area (Å²) >= 11 is 5.56. The van der Waals surface area contributed by atoms with Gasteiger partial charge < -0.3 is 5.21 Å². The van der Waals surface area contributed by atoms with E-state index >= 15 is 0 Å². The third-order valence-electron chi connectivity index (χ3n) is 2.27.